The van der Waals surface area contributed by atoms with E-state index in [1.807, 2.05) is 12.1 Å². The number of rotatable bonds is 3. The molecule has 104 valence electrons. The van der Waals surface area contributed by atoms with Crippen LogP contribution in [-0.4, -0.2) is 24.4 Å². The van der Waals surface area contributed by atoms with Gasteiger partial charge in [0.2, 0.25) is 11.8 Å². The van der Waals surface area contributed by atoms with Gasteiger partial charge < -0.3 is 16.4 Å². The Labute approximate surface area is 118 Å². The van der Waals surface area contributed by atoms with Crippen molar-refractivity contribution >= 4 is 29.9 Å². The van der Waals surface area contributed by atoms with E-state index >= 15 is 0 Å². The van der Waals surface area contributed by atoms with Gasteiger partial charge in [-0.3, -0.25) is 9.59 Å². The van der Waals surface area contributed by atoms with Crippen molar-refractivity contribution < 1.29 is 9.59 Å². The molecule has 1 aliphatic heterocycles. The molecular formula is C13H18ClN3O2. The fourth-order valence-electron chi connectivity index (χ4n) is 1.98. The lowest BCUT2D eigenvalue weighted by molar-refractivity contribution is -0.129. The molecule has 0 bridgehead atoms. The number of nitrogens with two attached hydrogens (primary N) is 1. The normalized spacial score (nSPS) is 18.1. The van der Waals surface area contributed by atoms with Gasteiger partial charge in [0.1, 0.15) is 6.04 Å². The summed E-state index contributed by atoms with van der Waals surface area (Å²) in [5, 5.41) is 5.49. The van der Waals surface area contributed by atoms with Crippen LogP contribution in [0.2, 0.25) is 0 Å². The topological polar surface area (TPSA) is 84.2 Å². The number of nitrogens with one attached hydrogen (secondary N) is 2. The molecule has 1 aromatic rings. The van der Waals surface area contributed by atoms with Crippen LogP contribution < -0.4 is 16.4 Å². The van der Waals surface area contributed by atoms with Gasteiger partial charge in [-0.25, -0.2) is 0 Å². The lowest BCUT2D eigenvalue weighted by atomic mass is 10.1. The van der Waals surface area contributed by atoms with E-state index in [1.54, 1.807) is 12.1 Å². The molecule has 0 saturated carbocycles. The van der Waals surface area contributed by atoms with Crippen molar-refractivity contribution in [3.8, 4) is 0 Å². The fraction of sp³-hybridized carbons (Fsp3) is 0.385. The second-order valence-corrected chi connectivity index (χ2v) is 4.47. The molecule has 0 aromatic heterocycles. The Bertz CT molecular complexity index is 448. The molecule has 6 heteroatoms. The first-order valence-corrected chi connectivity index (χ1v) is 6.06. The standard InChI is InChI=1S/C13H17N3O2.ClH/c14-10-5-3-9(4-6-10)8-12(17)16-11-2-1-7-15-13(11)18;/h3-6,11H,1-2,7-8,14H2,(H,15,18)(H,16,17);1H. The van der Waals surface area contributed by atoms with Crippen molar-refractivity contribution in [1.82, 2.24) is 10.6 Å². The number of piperidine rings is 1. The summed E-state index contributed by atoms with van der Waals surface area (Å²) in [5.74, 6) is -0.228. The third-order valence-electron chi connectivity index (χ3n) is 2.96. The third-order valence-corrected chi connectivity index (χ3v) is 2.96. The minimum absolute atomic E-state index is 0. The quantitative estimate of drug-likeness (QED) is 0.711. The number of carbonyl (C=O) groups is 2. The average Bonchev–Trinajstić information content (AvgIpc) is 2.35. The van der Waals surface area contributed by atoms with Crippen molar-refractivity contribution in [1.29, 1.82) is 0 Å². The van der Waals surface area contributed by atoms with E-state index in [0.29, 0.717) is 18.7 Å². The van der Waals surface area contributed by atoms with Gasteiger partial charge in [-0.1, -0.05) is 12.1 Å². The molecule has 19 heavy (non-hydrogen) atoms. The van der Waals surface area contributed by atoms with E-state index in [0.717, 1.165) is 12.0 Å². The molecule has 0 aliphatic carbocycles. The summed E-state index contributed by atoms with van der Waals surface area (Å²) in [6.45, 7) is 0.698. The zero-order chi connectivity index (χ0) is 13.0. The maximum atomic E-state index is 11.8. The van der Waals surface area contributed by atoms with E-state index in [1.165, 1.54) is 0 Å². The highest BCUT2D eigenvalue weighted by molar-refractivity contribution is 5.88. The molecule has 1 atom stereocenters. The smallest absolute Gasteiger partial charge is 0.242 e. The van der Waals surface area contributed by atoms with Gasteiger partial charge in [0.15, 0.2) is 0 Å². The van der Waals surface area contributed by atoms with E-state index in [4.69, 9.17) is 5.73 Å². The minimum Gasteiger partial charge on any atom is -0.399 e. The predicted octanol–water partition coefficient (Wildman–Crippen LogP) is 0.628. The van der Waals surface area contributed by atoms with Crippen molar-refractivity contribution in [2.24, 2.45) is 0 Å². The fourth-order valence-corrected chi connectivity index (χ4v) is 1.98. The van der Waals surface area contributed by atoms with E-state index < -0.39 is 0 Å². The summed E-state index contributed by atoms with van der Waals surface area (Å²) in [6.07, 6.45) is 1.88. The molecule has 0 radical (unpaired) electrons. The van der Waals surface area contributed by atoms with Crippen LogP contribution in [0.4, 0.5) is 5.69 Å². The highest BCUT2D eigenvalue weighted by Gasteiger charge is 2.23. The van der Waals surface area contributed by atoms with Crippen molar-refractivity contribution in [2.75, 3.05) is 12.3 Å². The summed E-state index contributed by atoms with van der Waals surface area (Å²) in [4.78, 5) is 23.3. The first kappa shape index (κ1) is 15.3. The number of benzene rings is 1. The van der Waals surface area contributed by atoms with Crippen LogP contribution in [0.1, 0.15) is 18.4 Å². The molecule has 2 amide bonds. The van der Waals surface area contributed by atoms with Gasteiger partial charge >= 0.3 is 0 Å². The van der Waals surface area contributed by atoms with E-state index in [-0.39, 0.29) is 36.7 Å². The number of amides is 2. The number of hydrogen-bond acceptors (Lipinski definition) is 3. The Hall–Kier alpha value is -1.75. The summed E-state index contributed by atoms with van der Waals surface area (Å²) in [5.41, 5.74) is 7.13. The molecule has 5 nitrogen and oxygen atoms in total. The van der Waals surface area contributed by atoms with Crippen LogP contribution in [0.3, 0.4) is 0 Å². The number of carbonyl (C=O) groups excluding carboxylic acids is 2. The Balaban J connectivity index is 0.00000180. The van der Waals surface area contributed by atoms with Crippen LogP contribution in [0.15, 0.2) is 24.3 Å². The van der Waals surface area contributed by atoms with Gasteiger partial charge in [0.25, 0.3) is 0 Å². The number of hydrogen-bond donors (Lipinski definition) is 3. The third kappa shape index (κ3) is 4.44. The van der Waals surface area contributed by atoms with Gasteiger partial charge in [-0.05, 0) is 30.5 Å². The average molecular weight is 284 g/mol. The van der Waals surface area contributed by atoms with Crippen LogP contribution in [0.25, 0.3) is 0 Å². The lowest BCUT2D eigenvalue weighted by Crippen LogP contribution is -2.50. The zero-order valence-corrected chi connectivity index (χ0v) is 11.3. The number of anilines is 1. The van der Waals surface area contributed by atoms with Crippen LogP contribution >= 0.6 is 12.4 Å². The van der Waals surface area contributed by atoms with E-state index in [2.05, 4.69) is 10.6 Å². The summed E-state index contributed by atoms with van der Waals surface area (Å²) < 4.78 is 0. The molecule has 1 unspecified atom stereocenters. The summed E-state index contributed by atoms with van der Waals surface area (Å²) in [7, 11) is 0. The SMILES string of the molecule is Cl.Nc1ccc(CC(=O)NC2CCCNC2=O)cc1. The first-order chi connectivity index (χ1) is 8.65. The number of halogens is 1. The zero-order valence-electron chi connectivity index (χ0n) is 10.5. The molecular weight excluding hydrogens is 266 g/mol. The number of nitrogen functional groups attached to an aromatic ring is 1. The molecule has 2 rings (SSSR count). The molecule has 1 fully saturated rings. The van der Waals surface area contributed by atoms with Crippen molar-refractivity contribution in [2.45, 2.75) is 25.3 Å². The molecule has 1 heterocycles. The Morgan fingerprint density at radius 3 is 2.68 bits per heavy atom. The molecule has 1 aliphatic rings. The highest BCUT2D eigenvalue weighted by atomic mass is 35.5. The van der Waals surface area contributed by atoms with E-state index in [9.17, 15) is 9.59 Å². The summed E-state index contributed by atoms with van der Waals surface area (Å²) >= 11 is 0. The maximum absolute atomic E-state index is 11.8. The van der Waals surface area contributed by atoms with Crippen LogP contribution in [0, 0.1) is 0 Å². The molecule has 1 saturated heterocycles. The second-order valence-electron chi connectivity index (χ2n) is 4.47. The lowest BCUT2D eigenvalue weighted by Gasteiger charge is -2.22. The van der Waals surface area contributed by atoms with Gasteiger partial charge in [0, 0.05) is 12.2 Å². The van der Waals surface area contributed by atoms with Gasteiger partial charge in [-0.15, -0.1) is 12.4 Å². The molecule has 4 N–H and O–H groups in total. The Morgan fingerprint density at radius 2 is 2.05 bits per heavy atom. The molecule has 0 spiro atoms. The monoisotopic (exact) mass is 283 g/mol. The van der Waals surface area contributed by atoms with Crippen LogP contribution in [-0.2, 0) is 16.0 Å². The minimum atomic E-state index is -0.389. The summed E-state index contributed by atoms with van der Waals surface area (Å²) in [6, 6.07) is 6.76. The highest BCUT2D eigenvalue weighted by Crippen LogP contribution is 2.07. The van der Waals surface area contributed by atoms with Crippen molar-refractivity contribution in [3.05, 3.63) is 29.8 Å². The van der Waals surface area contributed by atoms with Gasteiger partial charge in [-0.2, -0.15) is 0 Å². The van der Waals surface area contributed by atoms with Crippen molar-refractivity contribution in [3.63, 3.8) is 0 Å². The second kappa shape index (κ2) is 6.99. The van der Waals surface area contributed by atoms with Crippen LogP contribution in [0.5, 0.6) is 0 Å². The largest absolute Gasteiger partial charge is 0.399 e. The molecule has 1 aromatic carbocycles. The Morgan fingerprint density at radius 1 is 1.37 bits per heavy atom. The predicted molar refractivity (Wildman–Crippen MR) is 76.0 cm³/mol. The maximum Gasteiger partial charge on any atom is 0.242 e. The first-order valence-electron chi connectivity index (χ1n) is 6.06. The van der Waals surface area contributed by atoms with Gasteiger partial charge in [0.05, 0.1) is 6.42 Å². The Kier molecular flexibility index (Phi) is 5.63.